The molecule has 0 amide bonds. The van der Waals surface area contributed by atoms with Crippen LogP contribution in [0.2, 0.25) is 0 Å². The van der Waals surface area contributed by atoms with E-state index in [1.54, 1.807) is 0 Å². The minimum atomic E-state index is -0.276. The van der Waals surface area contributed by atoms with Crippen molar-refractivity contribution in [3.63, 3.8) is 0 Å². The number of esters is 1. The van der Waals surface area contributed by atoms with Gasteiger partial charge in [0.1, 0.15) is 6.04 Å². The lowest BCUT2D eigenvalue weighted by molar-refractivity contribution is -0.147. The average Bonchev–Trinajstić information content (AvgIpc) is 3.17. The highest BCUT2D eigenvalue weighted by atomic mass is 16.5. The minimum absolute atomic E-state index is 0.168. The van der Waals surface area contributed by atoms with E-state index in [2.05, 4.69) is 30.0 Å². The van der Waals surface area contributed by atoms with Gasteiger partial charge >= 0.3 is 5.97 Å². The molecule has 98 valence electrons. The molecular weight excluding hydrogens is 226 g/mol. The Bertz CT molecular complexity index is 452. The molecular formula is C15H21NO2. The number of likely N-dealkylation sites (N-methyl/N-ethyl adjacent to an activating group) is 1. The molecule has 2 rings (SSSR count). The number of carbonyl (C=O) groups excluding carboxylic acids is 1. The normalized spacial score (nSPS) is 16.7. The molecule has 0 heterocycles. The van der Waals surface area contributed by atoms with Gasteiger partial charge in [-0.3, -0.25) is 4.90 Å². The molecule has 0 aromatic heterocycles. The zero-order valence-electron chi connectivity index (χ0n) is 11.6. The number of carbonyl (C=O) groups is 1. The van der Waals surface area contributed by atoms with E-state index in [0.29, 0.717) is 6.04 Å². The smallest absolute Gasteiger partial charge is 0.327 e. The van der Waals surface area contributed by atoms with Crippen LogP contribution in [0.15, 0.2) is 18.2 Å². The summed E-state index contributed by atoms with van der Waals surface area (Å²) < 4.78 is 4.98. The first-order valence-corrected chi connectivity index (χ1v) is 6.41. The molecule has 1 unspecified atom stereocenters. The molecule has 1 saturated carbocycles. The van der Waals surface area contributed by atoms with E-state index in [9.17, 15) is 4.79 Å². The third-order valence-electron chi connectivity index (χ3n) is 3.68. The van der Waals surface area contributed by atoms with Gasteiger partial charge in [0.15, 0.2) is 0 Å². The van der Waals surface area contributed by atoms with Gasteiger partial charge in [-0.15, -0.1) is 0 Å². The van der Waals surface area contributed by atoms with Gasteiger partial charge in [-0.2, -0.15) is 0 Å². The number of aryl methyl sites for hydroxylation is 2. The average molecular weight is 247 g/mol. The van der Waals surface area contributed by atoms with Gasteiger partial charge in [0.2, 0.25) is 0 Å². The predicted octanol–water partition coefficient (Wildman–Crippen LogP) is 2.61. The fourth-order valence-corrected chi connectivity index (χ4v) is 2.37. The van der Waals surface area contributed by atoms with E-state index in [1.165, 1.54) is 25.5 Å². The maximum atomic E-state index is 12.1. The van der Waals surface area contributed by atoms with Crippen LogP contribution < -0.4 is 0 Å². The van der Waals surface area contributed by atoms with E-state index in [-0.39, 0.29) is 12.0 Å². The van der Waals surface area contributed by atoms with Gasteiger partial charge in [0.05, 0.1) is 7.11 Å². The Morgan fingerprint density at radius 3 is 2.61 bits per heavy atom. The van der Waals surface area contributed by atoms with Gasteiger partial charge in [0, 0.05) is 6.04 Å². The summed E-state index contributed by atoms with van der Waals surface area (Å²) in [6.07, 6.45) is 2.35. The van der Waals surface area contributed by atoms with E-state index < -0.39 is 0 Å². The molecule has 0 aliphatic heterocycles. The summed E-state index contributed by atoms with van der Waals surface area (Å²) in [7, 11) is 3.47. The number of methoxy groups -OCH3 is 1. The second-order valence-electron chi connectivity index (χ2n) is 5.18. The second kappa shape index (κ2) is 5.11. The molecule has 1 atom stereocenters. The van der Waals surface area contributed by atoms with Crippen molar-refractivity contribution in [2.45, 2.75) is 38.8 Å². The SMILES string of the molecule is COC(=O)C(c1cc(C)ccc1C)N(C)C1CC1. The Hall–Kier alpha value is -1.35. The highest BCUT2D eigenvalue weighted by Crippen LogP contribution is 2.34. The van der Waals surface area contributed by atoms with Crippen LogP contribution in [0.3, 0.4) is 0 Å². The lowest BCUT2D eigenvalue weighted by Gasteiger charge is -2.27. The summed E-state index contributed by atoms with van der Waals surface area (Å²) in [5, 5.41) is 0. The summed E-state index contributed by atoms with van der Waals surface area (Å²) in [5.41, 5.74) is 3.38. The Morgan fingerprint density at radius 2 is 2.06 bits per heavy atom. The van der Waals surface area contributed by atoms with Gasteiger partial charge in [0.25, 0.3) is 0 Å². The van der Waals surface area contributed by atoms with Crippen LogP contribution in [0.1, 0.15) is 35.6 Å². The number of hydrogen-bond donors (Lipinski definition) is 0. The van der Waals surface area contributed by atoms with E-state index in [0.717, 1.165) is 11.1 Å². The first-order valence-electron chi connectivity index (χ1n) is 6.41. The number of ether oxygens (including phenoxy) is 1. The Morgan fingerprint density at radius 1 is 1.39 bits per heavy atom. The molecule has 18 heavy (non-hydrogen) atoms. The molecule has 3 nitrogen and oxygen atoms in total. The number of rotatable bonds is 4. The van der Waals surface area contributed by atoms with Crippen LogP contribution in [-0.2, 0) is 9.53 Å². The molecule has 3 heteroatoms. The second-order valence-corrected chi connectivity index (χ2v) is 5.18. The number of nitrogens with zero attached hydrogens (tertiary/aromatic N) is 1. The summed E-state index contributed by atoms with van der Waals surface area (Å²) in [5.74, 6) is -0.168. The fraction of sp³-hybridized carbons (Fsp3) is 0.533. The Balaban J connectivity index is 2.38. The number of benzene rings is 1. The van der Waals surface area contributed by atoms with Crippen molar-refractivity contribution in [2.24, 2.45) is 0 Å². The minimum Gasteiger partial charge on any atom is -0.468 e. The molecule has 0 N–H and O–H groups in total. The molecule has 1 aliphatic carbocycles. The van der Waals surface area contributed by atoms with Crippen molar-refractivity contribution in [1.82, 2.24) is 4.90 Å². The first kappa shape index (κ1) is 13.1. The molecule has 1 fully saturated rings. The van der Waals surface area contributed by atoms with Gasteiger partial charge in [-0.25, -0.2) is 4.79 Å². The molecule has 1 aliphatic rings. The quantitative estimate of drug-likeness (QED) is 0.766. The van der Waals surface area contributed by atoms with E-state index in [4.69, 9.17) is 4.74 Å². The lowest BCUT2D eigenvalue weighted by Crippen LogP contribution is -2.34. The van der Waals surface area contributed by atoms with Crippen LogP contribution in [-0.4, -0.2) is 31.1 Å². The molecule has 1 aromatic rings. The van der Waals surface area contributed by atoms with Crippen LogP contribution in [0.4, 0.5) is 0 Å². The third-order valence-corrected chi connectivity index (χ3v) is 3.68. The monoisotopic (exact) mass is 247 g/mol. The van der Waals surface area contributed by atoms with E-state index in [1.807, 2.05) is 14.0 Å². The third kappa shape index (κ3) is 2.56. The van der Waals surface area contributed by atoms with Crippen molar-refractivity contribution in [1.29, 1.82) is 0 Å². The first-order chi connectivity index (χ1) is 8.54. The standard InChI is InChI=1S/C15H21NO2/c1-10-5-6-11(2)13(9-10)14(15(17)18-4)16(3)12-7-8-12/h5-6,9,12,14H,7-8H2,1-4H3. The van der Waals surface area contributed by atoms with Crippen molar-refractivity contribution in [3.8, 4) is 0 Å². The van der Waals surface area contributed by atoms with Crippen LogP contribution in [0.25, 0.3) is 0 Å². The van der Waals surface area contributed by atoms with Crippen molar-refractivity contribution >= 4 is 5.97 Å². The van der Waals surface area contributed by atoms with Crippen molar-refractivity contribution in [3.05, 3.63) is 34.9 Å². The zero-order chi connectivity index (χ0) is 13.3. The highest BCUT2D eigenvalue weighted by molar-refractivity contribution is 5.78. The molecule has 0 radical (unpaired) electrons. The zero-order valence-corrected chi connectivity index (χ0v) is 11.6. The van der Waals surface area contributed by atoms with Crippen molar-refractivity contribution < 1.29 is 9.53 Å². The number of hydrogen-bond acceptors (Lipinski definition) is 3. The van der Waals surface area contributed by atoms with E-state index >= 15 is 0 Å². The Kier molecular flexibility index (Phi) is 3.71. The largest absolute Gasteiger partial charge is 0.468 e. The van der Waals surface area contributed by atoms with Gasteiger partial charge in [-0.1, -0.05) is 23.8 Å². The maximum absolute atomic E-state index is 12.1. The maximum Gasteiger partial charge on any atom is 0.327 e. The summed E-state index contributed by atoms with van der Waals surface area (Å²) in [4.78, 5) is 14.2. The molecule has 0 spiro atoms. The van der Waals surface area contributed by atoms with Crippen molar-refractivity contribution in [2.75, 3.05) is 14.2 Å². The predicted molar refractivity (Wildman–Crippen MR) is 71.5 cm³/mol. The topological polar surface area (TPSA) is 29.5 Å². The fourth-order valence-electron chi connectivity index (χ4n) is 2.37. The molecule has 1 aromatic carbocycles. The van der Waals surface area contributed by atoms with Crippen LogP contribution >= 0.6 is 0 Å². The van der Waals surface area contributed by atoms with Crippen LogP contribution in [0.5, 0.6) is 0 Å². The molecule has 0 bridgehead atoms. The Labute approximate surface area is 109 Å². The molecule has 0 saturated heterocycles. The van der Waals surface area contributed by atoms with Gasteiger partial charge in [-0.05, 0) is 44.9 Å². The van der Waals surface area contributed by atoms with Crippen LogP contribution in [0, 0.1) is 13.8 Å². The summed E-state index contributed by atoms with van der Waals surface area (Å²) >= 11 is 0. The summed E-state index contributed by atoms with van der Waals surface area (Å²) in [6, 6.07) is 6.48. The lowest BCUT2D eigenvalue weighted by atomic mass is 9.98. The van der Waals surface area contributed by atoms with Gasteiger partial charge < -0.3 is 4.74 Å². The highest BCUT2D eigenvalue weighted by Gasteiger charge is 2.36. The summed E-state index contributed by atoms with van der Waals surface area (Å²) in [6.45, 7) is 4.10.